The molecule has 0 aliphatic heterocycles. The number of aromatic nitrogens is 3. The van der Waals surface area contributed by atoms with Gasteiger partial charge in [-0.05, 0) is 107 Å². The predicted molar refractivity (Wildman–Crippen MR) is 201 cm³/mol. The van der Waals surface area contributed by atoms with Crippen molar-refractivity contribution in [3.05, 3.63) is 139 Å². The lowest BCUT2D eigenvalue weighted by Gasteiger charge is -2.57. The first-order chi connectivity index (χ1) is 24.6. The van der Waals surface area contributed by atoms with Gasteiger partial charge in [0.05, 0.1) is 11.6 Å². The summed E-state index contributed by atoms with van der Waals surface area (Å²) in [4.78, 5) is 15.5. The van der Waals surface area contributed by atoms with Crippen LogP contribution in [0.3, 0.4) is 0 Å². The zero-order chi connectivity index (χ0) is 33.2. The SMILES string of the molecule is N#Cc1cccc2c(-c3nc(-c4ccccc4)nc(-c4ccccc4-c4ccc(C56C[C@H]7C[C@H](C5)C[C@@H](C6)C7)cc4)n3)cc3ccccc3c12. The monoisotopic (exact) mass is 644 g/mol. The summed E-state index contributed by atoms with van der Waals surface area (Å²) in [5.41, 5.74) is 7.61. The fraction of sp³-hybridized carbons (Fsp3) is 0.217. The average Bonchev–Trinajstić information content (AvgIpc) is 3.17. The molecule has 1 aromatic heterocycles. The smallest absolute Gasteiger partial charge is 0.164 e. The van der Waals surface area contributed by atoms with Gasteiger partial charge in [0.15, 0.2) is 17.5 Å². The Morgan fingerprint density at radius 2 is 1.12 bits per heavy atom. The third kappa shape index (κ3) is 4.76. The van der Waals surface area contributed by atoms with Crippen molar-refractivity contribution in [2.75, 3.05) is 0 Å². The van der Waals surface area contributed by atoms with Crippen LogP contribution in [-0.2, 0) is 5.41 Å². The number of hydrogen-bond acceptors (Lipinski definition) is 4. The van der Waals surface area contributed by atoms with Gasteiger partial charge in [0, 0.05) is 22.1 Å². The Hall–Kier alpha value is -5.66. The molecular formula is C46H36N4. The summed E-state index contributed by atoms with van der Waals surface area (Å²) in [6, 6.07) is 46.8. The summed E-state index contributed by atoms with van der Waals surface area (Å²) in [6.45, 7) is 0. The molecule has 0 N–H and O–H groups in total. The molecule has 4 bridgehead atoms. The third-order valence-corrected chi connectivity index (χ3v) is 11.9. The maximum absolute atomic E-state index is 10.1. The van der Waals surface area contributed by atoms with Gasteiger partial charge >= 0.3 is 0 Å². The quantitative estimate of drug-likeness (QED) is 0.175. The summed E-state index contributed by atoms with van der Waals surface area (Å²) in [5, 5.41) is 14.1. The Labute approximate surface area is 292 Å². The minimum absolute atomic E-state index is 0.370. The number of nitrogens with zero attached hydrogens (tertiary/aromatic N) is 4. The predicted octanol–water partition coefficient (Wildman–Crippen LogP) is 11.2. The molecule has 0 amide bonds. The molecule has 4 fully saturated rings. The van der Waals surface area contributed by atoms with E-state index in [9.17, 15) is 5.26 Å². The first-order valence-electron chi connectivity index (χ1n) is 18.0. The molecule has 7 aromatic rings. The van der Waals surface area contributed by atoms with Gasteiger partial charge in [0.2, 0.25) is 0 Å². The van der Waals surface area contributed by atoms with Crippen molar-refractivity contribution < 1.29 is 0 Å². The molecule has 0 spiro atoms. The highest BCUT2D eigenvalue weighted by Gasteiger charge is 2.51. The third-order valence-electron chi connectivity index (χ3n) is 11.9. The van der Waals surface area contributed by atoms with Gasteiger partial charge in [-0.1, -0.05) is 115 Å². The van der Waals surface area contributed by atoms with Gasteiger partial charge in [-0.25, -0.2) is 15.0 Å². The minimum atomic E-state index is 0.370. The zero-order valence-electron chi connectivity index (χ0n) is 27.9. The first-order valence-corrected chi connectivity index (χ1v) is 18.0. The van der Waals surface area contributed by atoms with Crippen LogP contribution in [0.1, 0.15) is 49.7 Å². The van der Waals surface area contributed by atoms with Crippen molar-refractivity contribution in [3.8, 4) is 51.4 Å². The lowest BCUT2D eigenvalue weighted by atomic mass is 9.48. The molecule has 4 aliphatic rings. The molecule has 0 saturated heterocycles. The second kappa shape index (κ2) is 11.5. The highest BCUT2D eigenvalue weighted by molar-refractivity contribution is 6.15. The molecule has 240 valence electrons. The van der Waals surface area contributed by atoms with Crippen LogP contribution in [0.25, 0.3) is 66.8 Å². The molecule has 4 nitrogen and oxygen atoms in total. The van der Waals surface area contributed by atoms with E-state index in [1.54, 1.807) is 0 Å². The maximum atomic E-state index is 10.1. The molecule has 4 aliphatic carbocycles. The highest BCUT2D eigenvalue weighted by atomic mass is 15.0. The zero-order valence-corrected chi connectivity index (χ0v) is 27.9. The van der Waals surface area contributed by atoms with Crippen LogP contribution >= 0.6 is 0 Å². The van der Waals surface area contributed by atoms with Crippen LogP contribution in [0.4, 0.5) is 0 Å². The van der Waals surface area contributed by atoms with Crippen LogP contribution in [0.2, 0.25) is 0 Å². The molecule has 11 rings (SSSR count). The summed E-state index contributed by atoms with van der Waals surface area (Å²) in [5.74, 6) is 4.61. The normalized spacial score (nSPS) is 22.2. The van der Waals surface area contributed by atoms with E-state index in [0.717, 1.165) is 61.6 Å². The number of hydrogen-bond donors (Lipinski definition) is 0. The standard InChI is InChI=1S/C46H36N4/c47-28-35-12-8-16-39-41(24-34-11-4-5-14-38(34)42(35)39)45-49-43(33-9-2-1-3-10-33)48-44(50-45)40-15-7-6-13-37(40)32-17-19-36(20-18-32)46-25-29-21-30(26-46)23-31(22-29)27-46/h1-20,24,29-31H,21-23,25-27H2/t29-,30-,31-,46?. The molecule has 6 aromatic carbocycles. The number of fused-ring (bicyclic) bond motifs is 3. The Bertz CT molecular complexity index is 2440. The van der Waals surface area contributed by atoms with Crippen molar-refractivity contribution in [2.45, 2.75) is 43.9 Å². The number of benzene rings is 6. The summed E-state index contributed by atoms with van der Waals surface area (Å²) in [6.07, 6.45) is 8.46. The van der Waals surface area contributed by atoms with E-state index in [4.69, 9.17) is 15.0 Å². The summed E-state index contributed by atoms with van der Waals surface area (Å²) < 4.78 is 0. The van der Waals surface area contributed by atoms with E-state index in [-0.39, 0.29) is 0 Å². The molecule has 0 radical (unpaired) electrons. The van der Waals surface area contributed by atoms with E-state index in [2.05, 4.69) is 78.9 Å². The van der Waals surface area contributed by atoms with Gasteiger partial charge < -0.3 is 0 Å². The molecule has 50 heavy (non-hydrogen) atoms. The van der Waals surface area contributed by atoms with Crippen LogP contribution in [0.5, 0.6) is 0 Å². The van der Waals surface area contributed by atoms with Crippen LogP contribution < -0.4 is 0 Å². The van der Waals surface area contributed by atoms with Crippen LogP contribution in [-0.4, -0.2) is 15.0 Å². The van der Waals surface area contributed by atoms with Gasteiger partial charge in [-0.15, -0.1) is 0 Å². The van der Waals surface area contributed by atoms with E-state index in [0.29, 0.717) is 28.5 Å². The second-order valence-electron chi connectivity index (χ2n) is 15.0. The first kappa shape index (κ1) is 29.3. The van der Waals surface area contributed by atoms with Crippen molar-refractivity contribution in [1.82, 2.24) is 15.0 Å². The lowest BCUT2D eigenvalue weighted by Crippen LogP contribution is -2.48. The Morgan fingerprint density at radius 3 is 1.84 bits per heavy atom. The fourth-order valence-corrected chi connectivity index (χ4v) is 10.2. The lowest BCUT2D eigenvalue weighted by molar-refractivity contribution is -0.00518. The molecule has 0 unspecified atom stereocenters. The summed E-state index contributed by atoms with van der Waals surface area (Å²) in [7, 11) is 0. The van der Waals surface area contributed by atoms with E-state index >= 15 is 0 Å². The molecule has 4 heteroatoms. The van der Waals surface area contributed by atoms with Crippen molar-refractivity contribution in [3.63, 3.8) is 0 Å². The Kier molecular flexibility index (Phi) is 6.71. The number of nitriles is 1. The fourth-order valence-electron chi connectivity index (χ4n) is 10.2. The average molecular weight is 645 g/mol. The maximum Gasteiger partial charge on any atom is 0.164 e. The van der Waals surface area contributed by atoms with Crippen LogP contribution in [0, 0.1) is 29.1 Å². The van der Waals surface area contributed by atoms with Gasteiger partial charge in [0.1, 0.15) is 0 Å². The van der Waals surface area contributed by atoms with Gasteiger partial charge in [-0.3, -0.25) is 0 Å². The Balaban J connectivity index is 1.13. The van der Waals surface area contributed by atoms with E-state index in [1.165, 1.54) is 49.7 Å². The molecule has 4 saturated carbocycles. The second-order valence-corrected chi connectivity index (χ2v) is 15.0. The molecule has 0 atom stereocenters. The summed E-state index contributed by atoms with van der Waals surface area (Å²) >= 11 is 0. The largest absolute Gasteiger partial charge is 0.208 e. The van der Waals surface area contributed by atoms with Gasteiger partial charge in [-0.2, -0.15) is 5.26 Å². The van der Waals surface area contributed by atoms with Crippen molar-refractivity contribution >= 4 is 21.5 Å². The minimum Gasteiger partial charge on any atom is -0.208 e. The van der Waals surface area contributed by atoms with E-state index < -0.39 is 0 Å². The van der Waals surface area contributed by atoms with Gasteiger partial charge in [0.25, 0.3) is 0 Å². The Morgan fingerprint density at radius 1 is 0.520 bits per heavy atom. The number of rotatable bonds is 5. The molecular weight excluding hydrogens is 609 g/mol. The molecule has 1 heterocycles. The van der Waals surface area contributed by atoms with Crippen molar-refractivity contribution in [2.24, 2.45) is 17.8 Å². The topological polar surface area (TPSA) is 62.5 Å². The van der Waals surface area contributed by atoms with Crippen LogP contribution in [0.15, 0.2) is 127 Å². The van der Waals surface area contributed by atoms with Crippen molar-refractivity contribution in [1.29, 1.82) is 5.26 Å². The van der Waals surface area contributed by atoms with E-state index in [1.807, 2.05) is 54.6 Å². The highest BCUT2D eigenvalue weighted by Crippen LogP contribution is 2.60.